The lowest BCUT2D eigenvalue weighted by atomic mass is 9.95. The Morgan fingerprint density at radius 2 is 1.90 bits per heavy atom. The zero-order valence-electron chi connectivity index (χ0n) is 18.1. The number of amides is 3. The van der Waals surface area contributed by atoms with Crippen LogP contribution >= 0.6 is 0 Å². The van der Waals surface area contributed by atoms with E-state index in [0.717, 1.165) is 31.2 Å². The topological polar surface area (TPSA) is 96.3 Å². The third-order valence-electron chi connectivity index (χ3n) is 6.46. The van der Waals surface area contributed by atoms with Crippen LogP contribution in [-0.2, 0) is 17.8 Å². The van der Waals surface area contributed by atoms with Gasteiger partial charge >= 0.3 is 0 Å². The predicted octanol–water partition coefficient (Wildman–Crippen LogP) is 1.76. The van der Waals surface area contributed by atoms with Gasteiger partial charge in [-0.2, -0.15) is 5.10 Å². The van der Waals surface area contributed by atoms with Crippen LogP contribution in [0.2, 0.25) is 0 Å². The first kappa shape index (κ1) is 21.1. The van der Waals surface area contributed by atoms with Gasteiger partial charge in [0.2, 0.25) is 5.91 Å². The first-order valence-electron chi connectivity index (χ1n) is 10.9. The van der Waals surface area contributed by atoms with Gasteiger partial charge in [-0.25, -0.2) is 0 Å². The van der Waals surface area contributed by atoms with Gasteiger partial charge in [0.15, 0.2) is 5.69 Å². The maximum atomic E-state index is 13.0. The third-order valence-corrected chi connectivity index (χ3v) is 6.46. The lowest BCUT2D eigenvalue weighted by Crippen LogP contribution is -2.63. The number of benzene rings is 1. The van der Waals surface area contributed by atoms with Crippen LogP contribution in [0.3, 0.4) is 0 Å². The molecule has 1 aromatic heterocycles. The molecule has 2 heterocycles. The Morgan fingerprint density at radius 1 is 1.19 bits per heavy atom. The van der Waals surface area contributed by atoms with Crippen LogP contribution in [0, 0.1) is 0 Å². The minimum Gasteiger partial charge on any atom is -0.351 e. The molecule has 1 aliphatic heterocycles. The molecule has 8 heteroatoms. The van der Waals surface area contributed by atoms with Crippen molar-refractivity contribution in [2.45, 2.75) is 57.2 Å². The fourth-order valence-corrected chi connectivity index (χ4v) is 4.30. The zero-order valence-corrected chi connectivity index (χ0v) is 18.1. The van der Waals surface area contributed by atoms with Crippen molar-refractivity contribution in [1.82, 2.24) is 25.3 Å². The number of hydrogen-bond acceptors (Lipinski definition) is 4. The van der Waals surface area contributed by atoms with Gasteiger partial charge in [0.25, 0.3) is 11.8 Å². The lowest BCUT2D eigenvalue weighted by molar-refractivity contribution is -0.133. The highest BCUT2D eigenvalue weighted by atomic mass is 16.2. The standard InChI is InChI=1S/C23H29N5O3/c1-23(22(31)25-17-10-6-7-11-17)15-28-19(21(30)27(23)2)14-18(26-28)20(29)24-13-12-16-8-4-3-5-9-16/h3-5,8-9,14,17H,6-7,10-13,15H2,1-2H3,(H,24,29)(H,25,31). The molecule has 1 atom stereocenters. The van der Waals surface area contributed by atoms with Gasteiger partial charge in [0, 0.05) is 25.7 Å². The Labute approximate surface area is 182 Å². The average molecular weight is 424 g/mol. The smallest absolute Gasteiger partial charge is 0.272 e. The van der Waals surface area contributed by atoms with E-state index in [2.05, 4.69) is 15.7 Å². The molecule has 0 bridgehead atoms. The van der Waals surface area contributed by atoms with Crippen LogP contribution in [0.5, 0.6) is 0 Å². The van der Waals surface area contributed by atoms with Crippen LogP contribution in [-0.4, -0.2) is 57.6 Å². The molecule has 4 rings (SSSR count). The summed E-state index contributed by atoms with van der Waals surface area (Å²) in [5.41, 5.74) is 0.583. The molecular formula is C23H29N5O3. The van der Waals surface area contributed by atoms with E-state index in [1.54, 1.807) is 14.0 Å². The quantitative estimate of drug-likeness (QED) is 0.740. The first-order chi connectivity index (χ1) is 14.9. The largest absolute Gasteiger partial charge is 0.351 e. The third kappa shape index (κ3) is 4.19. The summed E-state index contributed by atoms with van der Waals surface area (Å²) in [7, 11) is 1.63. The number of nitrogens with one attached hydrogen (secondary N) is 2. The summed E-state index contributed by atoms with van der Waals surface area (Å²) in [6.07, 6.45) is 4.88. The van der Waals surface area contributed by atoms with Crippen molar-refractivity contribution in [3.63, 3.8) is 0 Å². The van der Waals surface area contributed by atoms with Crippen LogP contribution < -0.4 is 10.6 Å². The van der Waals surface area contributed by atoms with Gasteiger partial charge in [-0.05, 0) is 31.7 Å². The van der Waals surface area contributed by atoms with E-state index in [-0.39, 0.29) is 36.0 Å². The molecule has 1 fully saturated rings. The van der Waals surface area contributed by atoms with Crippen molar-refractivity contribution < 1.29 is 14.4 Å². The maximum Gasteiger partial charge on any atom is 0.272 e. The molecule has 2 aromatic rings. The number of fused-ring (bicyclic) bond motifs is 1. The minimum absolute atomic E-state index is 0.165. The van der Waals surface area contributed by atoms with E-state index in [1.165, 1.54) is 15.6 Å². The van der Waals surface area contributed by atoms with Crippen LogP contribution in [0.4, 0.5) is 0 Å². The number of carbonyl (C=O) groups is 3. The summed E-state index contributed by atoms with van der Waals surface area (Å²) in [6, 6.07) is 11.6. The maximum absolute atomic E-state index is 13.0. The highest BCUT2D eigenvalue weighted by Crippen LogP contribution is 2.27. The van der Waals surface area contributed by atoms with Crippen LogP contribution in [0.1, 0.15) is 59.1 Å². The van der Waals surface area contributed by atoms with Crippen molar-refractivity contribution in [3.8, 4) is 0 Å². The highest BCUT2D eigenvalue weighted by Gasteiger charge is 2.46. The van der Waals surface area contributed by atoms with E-state index in [1.807, 2.05) is 30.3 Å². The fourth-order valence-electron chi connectivity index (χ4n) is 4.30. The van der Waals surface area contributed by atoms with Crippen molar-refractivity contribution in [2.75, 3.05) is 13.6 Å². The normalized spacial score (nSPS) is 21.1. The summed E-state index contributed by atoms with van der Waals surface area (Å²) in [6.45, 7) is 2.43. The molecule has 164 valence electrons. The summed E-state index contributed by atoms with van der Waals surface area (Å²) in [5.74, 6) is -0.818. The van der Waals surface area contributed by atoms with Crippen LogP contribution in [0.15, 0.2) is 36.4 Å². The fraction of sp³-hybridized carbons (Fsp3) is 0.478. The Kier molecular flexibility index (Phi) is 5.80. The summed E-state index contributed by atoms with van der Waals surface area (Å²) in [4.78, 5) is 40.0. The molecule has 1 unspecified atom stereocenters. The van der Waals surface area contributed by atoms with E-state index < -0.39 is 5.54 Å². The lowest BCUT2D eigenvalue weighted by Gasteiger charge is -2.41. The molecule has 0 radical (unpaired) electrons. The second-order valence-corrected chi connectivity index (χ2v) is 8.66. The Balaban J connectivity index is 1.44. The summed E-state index contributed by atoms with van der Waals surface area (Å²) < 4.78 is 1.49. The SMILES string of the molecule is CN1C(=O)c2cc(C(=O)NCCc3ccccc3)nn2CC1(C)C(=O)NC1CCCC1. The van der Waals surface area contributed by atoms with Crippen molar-refractivity contribution in [3.05, 3.63) is 53.3 Å². The highest BCUT2D eigenvalue weighted by molar-refractivity contribution is 6.01. The monoisotopic (exact) mass is 423 g/mol. The second-order valence-electron chi connectivity index (χ2n) is 8.66. The molecular weight excluding hydrogens is 394 g/mol. The Morgan fingerprint density at radius 3 is 2.61 bits per heavy atom. The summed E-state index contributed by atoms with van der Waals surface area (Å²) >= 11 is 0. The molecule has 1 saturated carbocycles. The predicted molar refractivity (Wildman–Crippen MR) is 116 cm³/mol. The average Bonchev–Trinajstić information content (AvgIpc) is 3.43. The molecule has 31 heavy (non-hydrogen) atoms. The van der Waals surface area contributed by atoms with Gasteiger partial charge in [0.05, 0.1) is 6.54 Å². The molecule has 0 saturated heterocycles. The van der Waals surface area contributed by atoms with Gasteiger partial charge in [0.1, 0.15) is 11.2 Å². The Hall–Kier alpha value is -3.16. The molecule has 1 aliphatic carbocycles. The molecule has 2 aliphatic rings. The van der Waals surface area contributed by atoms with Crippen LogP contribution in [0.25, 0.3) is 0 Å². The second kappa shape index (κ2) is 8.53. The number of carbonyl (C=O) groups excluding carboxylic acids is 3. The number of aromatic nitrogens is 2. The Bertz CT molecular complexity index is 980. The van der Waals surface area contributed by atoms with Crippen molar-refractivity contribution in [1.29, 1.82) is 0 Å². The molecule has 2 N–H and O–H groups in total. The van der Waals surface area contributed by atoms with E-state index in [9.17, 15) is 14.4 Å². The summed E-state index contributed by atoms with van der Waals surface area (Å²) in [5, 5.41) is 10.3. The van der Waals surface area contributed by atoms with Gasteiger partial charge in [-0.15, -0.1) is 0 Å². The van der Waals surface area contributed by atoms with Crippen molar-refractivity contribution in [2.24, 2.45) is 0 Å². The van der Waals surface area contributed by atoms with Gasteiger partial charge in [-0.3, -0.25) is 19.1 Å². The minimum atomic E-state index is -1.06. The van der Waals surface area contributed by atoms with Gasteiger partial charge < -0.3 is 15.5 Å². The van der Waals surface area contributed by atoms with Crippen molar-refractivity contribution >= 4 is 17.7 Å². The zero-order chi connectivity index (χ0) is 22.0. The van der Waals surface area contributed by atoms with E-state index in [4.69, 9.17) is 0 Å². The van der Waals surface area contributed by atoms with E-state index in [0.29, 0.717) is 18.7 Å². The number of rotatable bonds is 6. The number of nitrogens with zero attached hydrogens (tertiary/aromatic N) is 3. The first-order valence-corrected chi connectivity index (χ1v) is 10.9. The number of likely N-dealkylation sites (N-methyl/N-ethyl adjacent to an activating group) is 1. The molecule has 1 aromatic carbocycles. The van der Waals surface area contributed by atoms with E-state index >= 15 is 0 Å². The molecule has 8 nitrogen and oxygen atoms in total. The van der Waals surface area contributed by atoms with Gasteiger partial charge in [-0.1, -0.05) is 43.2 Å². The molecule has 0 spiro atoms. The molecule has 3 amide bonds. The number of hydrogen-bond donors (Lipinski definition) is 2.